The molecule has 0 amide bonds. The first-order chi connectivity index (χ1) is 9.66. The molecule has 0 saturated carbocycles. The molecule has 0 aromatic carbocycles. The zero-order chi connectivity index (χ0) is 14.4. The summed E-state index contributed by atoms with van der Waals surface area (Å²) < 4.78 is 25.0. The third kappa shape index (κ3) is 4.42. The average Bonchev–Trinajstić information content (AvgIpc) is 2.92. The van der Waals surface area contributed by atoms with Gasteiger partial charge in [0.1, 0.15) is 0 Å². The van der Waals surface area contributed by atoms with Crippen molar-refractivity contribution < 1.29 is 13.9 Å². The van der Waals surface area contributed by atoms with Gasteiger partial charge in [0.25, 0.3) is 5.88 Å². The van der Waals surface area contributed by atoms with Crippen LogP contribution in [0, 0.1) is 17.7 Å². The van der Waals surface area contributed by atoms with Gasteiger partial charge in [-0.15, -0.1) is 0 Å². The molecule has 4 nitrogen and oxygen atoms in total. The predicted octanol–water partition coefficient (Wildman–Crippen LogP) is 2.38. The van der Waals surface area contributed by atoms with Gasteiger partial charge in [-0.3, -0.25) is 0 Å². The van der Waals surface area contributed by atoms with E-state index < -0.39 is 0 Å². The SMILES string of the molecule is CC(C)CNCc1ccnc(OCC2CCOC2)c1F. The molecule has 112 valence electrons. The van der Waals surface area contributed by atoms with Crippen LogP contribution in [0.4, 0.5) is 4.39 Å². The second-order valence-corrected chi connectivity index (χ2v) is 5.65. The molecule has 1 N–H and O–H groups in total. The van der Waals surface area contributed by atoms with E-state index in [0.717, 1.165) is 19.6 Å². The van der Waals surface area contributed by atoms with Crippen molar-refractivity contribution in [2.45, 2.75) is 26.8 Å². The summed E-state index contributed by atoms with van der Waals surface area (Å²) in [5, 5.41) is 3.22. The van der Waals surface area contributed by atoms with Crippen molar-refractivity contribution in [1.82, 2.24) is 10.3 Å². The molecule has 1 aromatic rings. The average molecular weight is 282 g/mol. The van der Waals surface area contributed by atoms with Crippen molar-refractivity contribution in [1.29, 1.82) is 0 Å². The lowest BCUT2D eigenvalue weighted by Crippen LogP contribution is -2.20. The van der Waals surface area contributed by atoms with Gasteiger partial charge in [-0.1, -0.05) is 13.8 Å². The van der Waals surface area contributed by atoms with Crippen molar-refractivity contribution >= 4 is 0 Å². The minimum absolute atomic E-state index is 0.0979. The minimum atomic E-state index is -0.359. The second-order valence-electron chi connectivity index (χ2n) is 5.65. The van der Waals surface area contributed by atoms with Gasteiger partial charge in [0.05, 0.1) is 13.2 Å². The van der Waals surface area contributed by atoms with Gasteiger partial charge in [0.2, 0.25) is 0 Å². The molecule has 5 heteroatoms. The zero-order valence-electron chi connectivity index (χ0n) is 12.2. The topological polar surface area (TPSA) is 43.4 Å². The highest BCUT2D eigenvalue weighted by Gasteiger charge is 2.18. The fourth-order valence-electron chi connectivity index (χ4n) is 2.11. The molecule has 1 aliphatic rings. The Hall–Kier alpha value is -1.20. The van der Waals surface area contributed by atoms with E-state index in [1.165, 1.54) is 0 Å². The van der Waals surface area contributed by atoms with Crippen LogP contribution < -0.4 is 10.1 Å². The summed E-state index contributed by atoms with van der Waals surface area (Å²) in [5.41, 5.74) is 0.596. The quantitative estimate of drug-likeness (QED) is 0.834. The predicted molar refractivity (Wildman–Crippen MR) is 75.2 cm³/mol. The molecule has 0 spiro atoms. The number of nitrogens with zero attached hydrogens (tertiary/aromatic N) is 1. The van der Waals surface area contributed by atoms with E-state index in [1.807, 2.05) is 0 Å². The van der Waals surface area contributed by atoms with Gasteiger partial charge in [0, 0.05) is 30.8 Å². The maximum atomic E-state index is 14.2. The Bertz CT molecular complexity index is 420. The number of halogens is 1. The largest absolute Gasteiger partial charge is 0.475 e. The van der Waals surface area contributed by atoms with Gasteiger partial charge in [-0.25, -0.2) is 9.37 Å². The summed E-state index contributed by atoms with van der Waals surface area (Å²) in [7, 11) is 0. The van der Waals surface area contributed by atoms with Gasteiger partial charge < -0.3 is 14.8 Å². The molecule has 2 rings (SSSR count). The fraction of sp³-hybridized carbons (Fsp3) is 0.667. The summed E-state index contributed by atoms with van der Waals surface area (Å²) in [6, 6.07) is 1.69. The van der Waals surface area contributed by atoms with Crippen molar-refractivity contribution in [3.63, 3.8) is 0 Å². The molecular formula is C15H23FN2O2. The van der Waals surface area contributed by atoms with Crippen LogP contribution in [0.1, 0.15) is 25.8 Å². The Labute approximate surface area is 119 Å². The van der Waals surface area contributed by atoms with E-state index in [-0.39, 0.29) is 11.7 Å². The Morgan fingerprint density at radius 1 is 1.55 bits per heavy atom. The highest BCUT2D eigenvalue weighted by molar-refractivity contribution is 5.23. The zero-order valence-corrected chi connectivity index (χ0v) is 12.2. The third-order valence-electron chi connectivity index (χ3n) is 3.28. The highest BCUT2D eigenvalue weighted by Crippen LogP contribution is 2.20. The van der Waals surface area contributed by atoms with E-state index >= 15 is 0 Å². The minimum Gasteiger partial charge on any atom is -0.475 e. The molecule has 20 heavy (non-hydrogen) atoms. The maximum Gasteiger partial charge on any atom is 0.250 e. The Morgan fingerprint density at radius 2 is 2.40 bits per heavy atom. The molecule has 0 radical (unpaired) electrons. The lowest BCUT2D eigenvalue weighted by molar-refractivity contribution is 0.163. The van der Waals surface area contributed by atoms with Gasteiger partial charge >= 0.3 is 0 Å². The van der Waals surface area contributed by atoms with E-state index in [1.54, 1.807) is 12.3 Å². The number of hydrogen-bond donors (Lipinski definition) is 1. The summed E-state index contributed by atoms with van der Waals surface area (Å²) in [4.78, 5) is 3.98. The molecule has 1 unspecified atom stereocenters. The van der Waals surface area contributed by atoms with Crippen LogP contribution in [0.15, 0.2) is 12.3 Å². The van der Waals surface area contributed by atoms with Crippen LogP contribution in [-0.4, -0.2) is 31.3 Å². The number of pyridine rings is 1. The molecule has 1 aliphatic heterocycles. The number of aromatic nitrogens is 1. The van der Waals surface area contributed by atoms with E-state index in [9.17, 15) is 4.39 Å². The van der Waals surface area contributed by atoms with Crippen LogP contribution in [0.25, 0.3) is 0 Å². The van der Waals surface area contributed by atoms with Crippen molar-refractivity contribution in [2.24, 2.45) is 11.8 Å². The van der Waals surface area contributed by atoms with E-state index in [2.05, 4.69) is 24.1 Å². The second kappa shape index (κ2) is 7.55. The van der Waals surface area contributed by atoms with Crippen LogP contribution in [-0.2, 0) is 11.3 Å². The molecule has 0 aliphatic carbocycles. The number of nitrogens with one attached hydrogen (secondary N) is 1. The molecule has 2 heterocycles. The van der Waals surface area contributed by atoms with Gasteiger partial charge in [-0.2, -0.15) is 0 Å². The molecular weight excluding hydrogens is 259 g/mol. The Morgan fingerprint density at radius 3 is 3.10 bits per heavy atom. The first-order valence-corrected chi connectivity index (χ1v) is 7.21. The normalized spacial score (nSPS) is 18.7. The molecule has 1 saturated heterocycles. The number of hydrogen-bond acceptors (Lipinski definition) is 4. The number of rotatable bonds is 7. The van der Waals surface area contributed by atoms with E-state index in [4.69, 9.17) is 9.47 Å². The smallest absolute Gasteiger partial charge is 0.250 e. The Kier molecular flexibility index (Phi) is 5.73. The summed E-state index contributed by atoms with van der Waals surface area (Å²) >= 11 is 0. The van der Waals surface area contributed by atoms with Crippen LogP contribution >= 0.6 is 0 Å². The molecule has 1 atom stereocenters. The van der Waals surface area contributed by atoms with Crippen LogP contribution in [0.3, 0.4) is 0 Å². The number of ether oxygens (including phenoxy) is 2. The van der Waals surface area contributed by atoms with Crippen molar-refractivity contribution in [3.05, 3.63) is 23.6 Å². The third-order valence-corrected chi connectivity index (χ3v) is 3.28. The summed E-state index contributed by atoms with van der Waals surface area (Å²) in [6.45, 7) is 7.52. The molecule has 1 fully saturated rings. The molecule has 1 aromatic heterocycles. The van der Waals surface area contributed by atoms with Gasteiger partial charge in [0.15, 0.2) is 5.82 Å². The first kappa shape index (κ1) is 15.2. The fourth-order valence-corrected chi connectivity index (χ4v) is 2.11. The summed E-state index contributed by atoms with van der Waals surface area (Å²) in [5.74, 6) is 0.625. The van der Waals surface area contributed by atoms with Crippen molar-refractivity contribution in [3.8, 4) is 5.88 Å². The molecule has 0 bridgehead atoms. The lowest BCUT2D eigenvalue weighted by Gasteiger charge is -2.12. The van der Waals surface area contributed by atoms with Crippen LogP contribution in [0.2, 0.25) is 0 Å². The van der Waals surface area contributed by atoms with Crippen molar-refractivity contribution in [2.75, 3.05) is 26.4 Å². The highest BCUT2D eigenvalue weighted by atomic mass is 19.1. The van der Waals surface area contributed by atoms with Crippen LogP contribution in [0.5, 0.6) is 5.88 Å². The first-order valence-electron chi connectivity index (χ1n) is 7.21. The maximum absolute atomic E-state index is 14.2. The Balaban J connectivity index is 1.88. The lowest BCUT2D eigenvalue weighted by atomic mass is 10.1. The monoisotopic (exact) mass is 282 g/mol. The standard InChI is InChI=1S/C15H23FN2O2/c1-11(2)7-17-8-13-3-5-18-15(14(13)16)20-10-12-4-6-19-9-12/h3,5,11-12,17H,4,6-10H2,1-2H3. The summed E-state index contributed by atoms with van der Waals surface area (Å²) in [6.07, 6.45) is 2.56. The van der Waals surface area contributed by atoms with Gasteiger partial charge in [-0.05, 0) is 24.9 Å². The van der Waals surface area contributed by atoms with E-state index in [0.29, 0.717) is 37.2 Å².